The Bertz CT molecular complexity index is 688. The molecule has 1 amide bonds. The maximum Gasteiger partial charge on any atom is 0.253 e. The maximum atomic E-state index is 12.2. The van der Waals surface area contributed by atoms with E-state index in [0.717, 1.165) is 48.0 Å². The minimum absolute atomic E-state index is 0.125. The van der Waals surface area contributed by atoms with Crippen molar-refractivity contribution < 1.29 is 4.79 Å². The zero-order valence-corrected chi connectivity index (χ0v) is 17.3. The molecular weight excluding hydrogens is 352 g/mol. The van der Waals surface area contributed by atoms with E-state index in [4.69, 9.17) is 6.42 Å². The molecule has 0 spiro atoms. The summed E-state index contributed by atoms with van der Waals surface area (Å²) in [7, 11) is 2.19. The molecule has 2 saturated heterocycles. The molecule has 0 N–H and O–H groups in total. The molecule has 0 aliphatic carbocycles. The van der Waals surface area contributed by atoms with Gasteiger partial charge in [0.05, 0.1) is 0 Å². The summed E-state index contributed by atoms with van der Waals surface area (Å²) in [5.74, 6) is 2.56. The molecule has 144 valence electrons. The zero-order chi connectivity index (χ0) is 19.6. The molecule has 2 aliphatic heterocycles. The Morgan fingerprint density at radius 2 is 1.81 bits per heavy atom. The van der Waals surface area contributed by atoms with E-state index in [1.54, 1.807) is 6.08 Å². The molecular formula is C23H30N2OS. The van der Waals surface area contributed by atoms with Crippen molar-refractivity contribution >= 4 is 22.6 Å². The average molecular weight is 383 g/mol. The molecule has 1 aromatic rings. The Balaban J connectivity index is 0.000000313. The number of likely N-dealkylation sites (tertiary alicyclic amines) is 2. The summed E-state index contributed by atoms with van der Waals surface area (Å²) in [6, 6.07) is 8.45. The summed E-state index contributed by atoms with van der Waals surface area (Å²) >= 11 is 1.48. The first-order valence-corrected chi connectivity index (χ1v) is 10.5. The highest BCUT2D eigenvalue weighted by Gasteiger charge is 2.19. The monoisotopic (exact) mass is 382 g/mol. The van der Waals surface area contributed by atoms with Gasteiger partial charge in [0.1, 0.15) is 0 Å². The van der Waals surface area contributed by atoms with Gasteiger partial charge < -0.3 is 9.80 Å². The van der Waals surface area contributed by atoms with Crippen LogP contribution in [0.4, 0.5) is 0 Å². The maximum absolute atomic E-state index is 12.2. The fourth-order valence-electron chi connectivity index (χ4n) is 3.20. The zero-order valence-electron chi connectivity index (χ0n) is 16.5. The van der Waals surface area contributed by atoms with Gasteiger partial charge in [-0.1, -0.05) is 36.4 Å². The van der Waals surface area contributed by atoms with Gasteiger partial charge in [-0.2, -0.15) is 0 Å². The number of terminal acetylenes is 1. The summed E-state index contributed by atoms with van der Waals surface area (Å²) in [6.45, 7) is 9.34. The second kappa shape index (κ2) is 11.0. The van der Waals surface area contributed by atoms with Gasteiger partial charge in [0.25, 0.3) is 5.91 Å². The van der Waals surface area contributed by atoms with Gasteiger partial charge in [-0.05, 0) is 75.4 Å². The van der Waals surface area contributed by atoms with Gasteiger partial charge in [0.2, 0.25) is 0 Å². The first-order chi connectivity index (χ1) is 13.0. The highest BCUT2D eigenvalue weighted by atomic mass is 32.2. The van der Waals surface area contributed by atoms with Crippen molar-refractivity contribution in [2.75, 3.05) is 26.7 Å². The van der Waals surface area contributed by atoms with Gasteiger partial charge in [-0.25, -0.2) is 0 Å². The third-order valence-corrected chi connectivity index (χ3v) is 5.90. The fraction of sp³-hybridized carbons (Fsp3) is 0.435. The fourth-order valence-corrected chi connectivity index (χ4v) is 3.78. The third-order valence-electron chi connectivity index (χ3n) is 5.11. The molecule has 0 unspecified atom stereocenters. The molecule has 4 heteroatoms. The van der Waals surface area contributed by atoms with Crippen LogP contribution in [0.2, 0.25) is 0 Å². The number of thioether (sulfide) groups is 1. The van der Waals surface area contributed by atoms with Crippen LogP contribution in [0.3, 0.4) is 0 Å². The second-order valence-electron chi connectivity index (χ2n) is 7.06. The van der Waals surface area contributed by atoms with Crippen LogP contribution >= 0.6 is 11.8 Å². The summed E-state index contributed by atoms with van der Waals surface area (Å²) in [4.78, 5) is 17.4. The Morgan fingerprint density at radius 3 is 2.30 bits per heavy atom. The number of nitrogens with zero attached hydrogens (tertiary/aromatic N) is 2. The summed E-state index contributed by atoms with van der Waals surface area (Å²) in [5, 5.41) is 1.83. The van der Waals surface area contributed by atoms with Gasteiger partial charge in [-0.3, -0.25) is 4.79 Å². The van der Waals surface area contributed by atoms with Crippen LogP contribution in [0, 0.1) is 12.3 Å². The van der Waals surface area contributed by atoms with Crippen LogP contribution in [0.1, 0.15) is 48.5 Å². The number of hydrogen-bond donors (Lipinski definition) is 0. The van der Waals surface area contributed by atoms with Crippen LogP contribution in [0.15, 0.2) is 42.3 Å². The van der Waals surface area contributed by atoms with E-state index in [-0.39, 0.29) is 5.91 Å². The number of carbonyl (C=O) groups is 1. The lowest BCUT2D eigenvalue weighted by molar-refractivity contribution is 0.0793. The normalized spacial score (nSPS) is 19.6. The van der Waals surface area contributed by atoms with Crippen LogP contribution in [0.25, 0.3) is 4.91 Å². The highest BCUT2D eigenvalue weighted by molar-refractivity contribution is 8.10. The van der Waals surface area contributed by atoms with Crippen molar-refractivity contribution in [3.63, 3.8) is 0 Å². The summed E-state index contributed by atoms with van der Waals surface area (Å²) < 4.78 is 0. The SMILES string of the molecule is C#C/C=C/SC(=C)c1ccc(C(=O)N2CCCC2)cc1.C[C@@H]1CCCN1C. The molecule has 3 rings (SSSR count). The van der Waals surface area contributed by atoms with E-state index in [9.17, 15) is 4.79 Å². The molecule has 0 radical (unpaired) electrons. The molecule has 3 nitrogen and oxygen atoms in total. The molecule has 1 aromatic carbocycles. The largest absolute Gasteiger partial charge is 0.339 e. The van der Waals surface area contributed by atoms with Crippen LogP contribution in [-0.2, 0) is 0 Å². The van der Waals surface area contributed by atoms with Gasteiger partial charge in [-0.15, -0.1) is 6.42 Å². The second-order valence-corrected chi connectivity index (χ2v) is 8.06. The highest BCUT2D eigenvalue weighted by Crippen LogP contribution is 2.26. The van der Waals surface area contributed by atoms with E-state index in [2.05, 4.69) is 31.4 Å². The van der Waals surface area contributed by atoms with Crippen molar-refractivity contribution in [2.24, 2.45) is 0 Å². The van der Waals surface area contributed by atoms with Crippen molar-refractivity contribution in [1.29, 1.82) is 0 Å². The Kier molecular flexibility index (Phi) is 8.71. The van der Waals surface area contributed by atoms with Crippen LogP contribution < -0.4 is 0 Å². The predicted molar refractivity (Wildman–Crippen MR) is 118 cm³/mol. The smallest absolute Gasteiger partial charge is 0.253 e. The minimum Gasteiger partial charge on any atom is -0.339 e. The van der Waals surface area contributed by atoms with Crippen molar-refractivity contribution in [1.82, 2.24) is 9.80 Å². The summed E-state index contributed by atoms with van der Waals surface area (Å²) in [5.41, 5.74) is 1.75. The van der Waals surface area contributed by atoms with Crippen LogP contribution in [0.5, 0.6) is 0 Å². The van der Waals surface area contributed by atoms with E-state index < -0.39 is 0 Å². The van der Waals surface area contributed by atoms with Gasteiger partial charge in [0, 0.05) is 29.6 Å². The molecule has 2 heterocycles. The molecule has 0 saturated carbocycles. The first-order valence-electron chi connectivity index (χ1n) is 9.59. The molecule has 1 atom stereocenters. The molecule has 27 heavy (non-hydrogen) atoms. The number of carbonyl (C=O) groups excluding carboxylic acids is 1. The van der Waals surface area contributed by atoms with Crippen molar-refractivity contribution in [3.05, 3.63) is 53.5 Å². The van der Waals surface area contributed by atoms with E-state index in [1.165, 1.54) is 31.1 Å². The minimum atomic E-state index is 0.125. The lowest BCUT2D eigenvalue weighted by Gasteiger charge is -2.15. The van der Waals surface area contributed by atoms with E-state index in [0.29, 0.717) is 0 Å². The number of amides is 1. The molecule has 0 aromatic heterocycles. The quantitative estimate of drug-likeness (QED) is 0.694. The number of hydrogen-bond acceptors (Lipinski definition) is 3. The molecule has 2 aliphatic rings. The Hall–Kier alpha value is -1.96. The summed E-state index contributed by atoms with van der Waals surface area (Å²) in [6.07, 6.45) is 11.8. The van der Waals surface area contributed by atoms with Gasteiger partial charge >= 0.3 is 0 Å². The third kappa shape index (κ3) is 6.61. The van der Waals surface area contributed by atoms with E-state index >= 15 is 0 Å². The van der Waals surface area contributed by atoms with E-state index in [1.807, 2.05) is 34.6 Å². The Morgan fingerprint density at radius 1 is 1.19 bits per heavy atom. The molecule has 0 bridgehead atoms. The standard InChI is InChI=1S/C17H17NOS.C6H13N/c1-3-4-13-20-14(2)15-7-9-16(10-8-15)17(19)18-11-5-6-12-18;1-6-4-3-5-7(6)2/h1,4,7-10,13H,2,5-6,11-12H2;6H,3-5H2,1-2H3/b13-4+;/t;6-/m.1/s1. The number of benzene rings is 1. The van der Waals surface area contributed by atoms with Crippen LogP contribution in [-0.4, -0.2) is 48.4 Å². The van der Waals surface area contributed by atoms with Crippen molar-refractivity contribution in [3.8, 4) is 12.3 Å². The lowest BCUT2D eigenvalue weighted by Crippen LogP contribution is -2.27. The van der Waals surface area contributed by atoms with Gasteiger partial charge in [0.15, 0.2) is 0 Å². The molecule has 2 fully saturated rings. The first kappa shape index (κ1) is 21.3. The average Bonchev–Trinajstić information content (AvgIpc) is 3.34. The topological polar surface area (TPSA) is 23.6 Å². The Labute approximate surface area is 168 Å². The number of rotatable bonds is 4. The van der Waals surface area contributed by atoms with Crippen molar-refractivity contribution in [2.45, 2.75) is 38.6 Å². The number of allylic oxidation sites excluding steroid dienone is 1. The lowest BCUT2D eigenvalue weighted by atomic mass is 10.1. The predicted octanol–water partition coefficient (Wildman–Crippen LogP) is 4.87.